The molecule has 5 nitrogen and oxygen atoms in total. The lowest BCUT2D eigenvalue weighted by Crippen LogP contribution is -2.35. The third kappa shape index (κ3) is 4.77. The molecule has 0 saturated carbocycles. The number of thioether (sulfide) groups is 1. The van der Waals surface area contributed by atoms with Crippen molar-refractivity contribution in [2.75, 3.05) is 26.4 Å². The van der Waals surface area contributed by atoms with E-state index in [-0.39, 0.29) is 10.8 Å². The highest BCUT2D eigenvalue weighted by atomic mass is 32.2. The largest absolute Gasteiger partial charge is 0.337 e. The van der Waals surface area contributed by atoms with Gasteiger partial charge in [-0.1, -0.05) is 18.6 Å². The van der Waals surface area contributed by atoms with Crippen LogP contribution in [0.25, 0.3) is 0 Å². The molecule has 1 aliphatic heterocycles. The minimum atomic E-state index is -3.47. The third-order valence-corrected chi connectivity index (χ3v) is 7.64. The van der Waals surface area contributed by atoms with Gasteiger partial charge >= 0.3 is 0 Å². The second-order valence-corrected chi connectivity index (χ2v) is 9.82. The molecule has 2 aromatic rings. The Kier molecular flexibility index (Phi) is 6.80. The van der Waals surface area contributed by atoms with E-state index in [2.05, 4.69) is 0 Å². The maximum atomic E-state index is 12.7. The number of piperidine rings is 1. The van der Waals surface area contributed by atoms with Gasteiger partial charge in [0.15, 0.2) is 0 Å². The average Bonchev–Trinajstić information content (AvgIpc) is 2.74. The molecule has 2 aromatic carbocycles. The molecule has 3 rings (SSSR count). The van der Waals surface area contributed by atoms with Crippen molar-refractivity contribution in [1.82, 2.24) is 9.21 Å². The topological polar surface area (TPSA) is 57.7 Å². The molecule has 0 atom stereocenters. The minimum absolute atomic E-state index is 0.129. The molecule has 0 spiro atoms. The van der Waals surface area contributed by atoms with Crippen LogP contribution in [0, 0.1) is 0 Å². The Hall–Kier alpha value is -1.83. The van der Waals surface area contributed by atoms with Crippen molar-refractivity contribution in [2.24, 2.45) is 0 Å². The predicted octanol–water partition coefficient (Wildman–Crippen LogP) is 3.86. The summed E-state index contributed by atoms with van der Waals surface area (Å²) >= 11 is 1.68. The summed E-state index contributed by atoms with van der Waals surface area (Å²) in [6.45, 7) is 1.64. The van der Waals surface area contributed by atoms with Crippen molar-refractivity contribution < 1.29 is 13.2 Å². The van der Waals surface area contributed by atoms with Crippen LogP contribution in [0.5, 0.6) is 0 Å². The van der Waals surface area contributed by atoms with Crippen LogP contribution in [0.1, 0.15) is 35.2 Å². The van der Waals surface area contributed by atoms with Gasteiger partial charge in [0, 0.05) is 37.1 Å². The second kappa shape index (κ2) is 9.11. The molecule has 1 aliphatic rings. The van der Waals surface area contributed by atoms with Crippen LogP contribution in [0.4, 0.5) is 0 Å². The molecule has 1 amide bonds. The van der Waals surface area contributed by atoms with Gasteiger partial charge in [0.25, 0.3) is 5.91 Å². The second-order valence-electron chi connectivity index (χ2n) is 7.00. The van der Waals surface area contributed by atoms with Gasteiger partial charge in [-0.3, -0.25) is 4.79 Å². The lowest BCUT2D eigenvalue weighted by atomic mass is 10.1. The van der Waals surface area contributed by atoms with Crippen molar-refractivity contribution in [3.63, 3.8) is 0 Å². The highest BCUT2D eigenvalue weighted by Crippen LogP contribution is 2.21. The Morgan fingerprint density at radius 1 is 1.00 bits per heavy atom. The molecule has 7 heteroatoms. The third-order valence-electron chi connectivity index (χ3n) is 4.98. The summed E-state index contributed by atoms with van der Waals surface area (Å²) in [4.78, 5) is 15.8. The van der Waals surface area contributed by atoms with Crippen LogP contribution in [0.2, 0.25) is 0 Å². The zero-order valence-electron chi connectivity index (χ0n) is 16.3. The van der Waals surface area contributed by atoms with Crippen molar-refractivity contribution in [3.8, 4) is 0 Å². The quantitative estimate of drug-likeness (QED) is 0.669. The van der Waals surface area contributed by atoms with Crippen LogP contribution in [-0.4, -0.2) is 49.9 Å². The summed E-state index contributed by atoms with van der Waals surface area (Å²) in [5.74, 6) is -0.129. The summed E-state index contributed by atoms with van der Waals surface area (Å²) < 4.78 is 27.0. The number of carbonyl (C=O) groups is 1. The Labute approximate surface area is 171 Å². The first-order valence-corrected chi connectivity index (χ1v) is 12.1. The minimum Gasteiger partial charge on any atom is -0.337 e. The molecule has 1 fully saturated rings. The van der Waals surface area contributed by atoms with Gasteiger partial charge in [0.1, 0.15) is 0 Å². The Bertz CT molecular complexity index is 904. The predicted molar refractivity (Wildman–Crippen MR) is 113 cm³/mol. The first-order valence-electron chi connectivity index (χ1n) is 9.40. The van der Waals surface area contributed by atoms with Gasteiger partial charge in [-0.15, -0.1) is 11.8 Å². The summed E-state index contributed by atoms with van der Waals surface area (Å²) in [6.07, 6.45) is 4.91. The highest BCUT2D eigenvalue weighted by molar-refractivity contribution is 7.98. The molecule has 0 aliphatic carbocycles. The molecule has 28 heavy (non-hydrogen) atoms. The number of sulfonamides is 1. The molecule has 0 radical (unpaired) electrons. The van der Waals surface area contributed by atoms with E-state index >= 15 is 0 Å². The fourth-order valence-electron chi connectivity index (χ4n) is 3.32. The first-order chi connectivity index (χ1) is 13.4. The molecule has 1 heterocycles. The maximum absolute atomic E-state index is 12.7. The lowest BCUT2D eigenvalue weighted by molar-refractivity contribution is 0.0785. The molecule has 0 bridgehead atoms. The standard InChI is InChI=1S/C21H26N2O3S2/c1-22(16-17-6-10-19(27-2)11-7-17)21(24)18-8-12-20(13-9-18)28(25,26)23-14-4-3-5-15-23/h6-13H,3-5,14-16H2,1-2H3. The molecule has 0 unspecified atom stereocenters. The van der Waals surface area contributed by atoms with E-state index in [1.165, 1.54) is 21.3 Å². The summed E-state index contributed by atoms with van der Waals surface area (Å²) in [7, 11) is -1.72. The van der Waals surface area contributed by atoms with Crippen molar-refractivity contribution >= 4 is 27.7 Å². The first kappa shape index (κ1) is 20.9. The van der Waals surface area contributed by atoms with Crippen LogP contribution in [-0.2, 0) is 16.6 Å². The number of benzene rings is 2. The number of carbonyl (C=O) groups excluding carboxylic acids is 1. The van der Waals surface area contributed by atoms with Gasteiger partial charge in [0.2, 0.25) is 10.0 Å². The molecule has 0 N–H and O–H groups in total. The molecule has 1 saturated heterocycles. The van der Waals surface area contributed by atoms with Crippen molar-refractivity contribution in [2.45, 2.75) is 35.6 Å². The summed E-state index contributed by atoms with van der Waals surface area (Å²) in [6, 6.07) is 14.4. The Morgan fingerprint density at radius 3 is 2.18 bits per heavy atom. The maximum Gasteiger partial charge on any atom is 0.253 e. The monoisotopic (exact) mass is 418 g/mol. The number of amides is 1. The number of hydrogen-bond donors (Lipinski definition) is 0. The van der Waals surface area contributed by atoms with E-state index in [4.69, 9.17) is 0 Å². The number of hydrogen-bond acceptors (Lipinski definition) is 4. The molecule has 0 aromatic heterocycles. The zero-order chi connectivity index (χ0) is 20.1. The lowest BCUT2D eigenvalue weighted by Gasteiger charge is -2.26. The van der Waals surface area contributed by atoms with Gasteiger partial charge in [0.05, 0.1) is 4.90 Å². The van der Waals surface area contributed by atoms with Gasteiger partial charge in [-0.2, -0.15) is 4.31 Å². The normalized spacial score (nSPS) is 15.4. The summed E-state index contributed by atoms with van der Waals surface area (Å²) in [5.41, 5.74) is 1.54. The van der Waals surface area contributed by atoms with Crippen LogP contribution in [0.15, 0.2) is 58.3 Å². The molecular weight excluding hydrogens is 392 g/mol. The van der Waals surface area contributed by atoms with E-state index in [0.717, 1.165) is 24.8 Å². The van der Waals surface area contributed by atoms with E-state index in [1.54, 1.807) is 35.8 Å². The molecular formula is C21H26N2O3S2. The van der Waals surface area contributed by atoms with Crippen LogP contribution in [0.3, 0.4) is 0 Å². The van der Waals surface area contributed by atoms with Gasteiger partial charge in [-0.05, 0) is 61.1 Å². The van der Waals surface area contributed by atoms with E-state index in [9.17, 15) is 13.2 Å². The van der Waals surface area contributed by atoms with Gasteiger partial charge < -0.3 is 4.90 Å². The van der Waals surface area contributed by atoms with Crippen molar-refractivity contribution in [3.05, 3.63) is 59.7 Å². The fraction of sp³-hybridized carbons (Fsp3) is 0.381. The van der Waals surface area contributed by atoms with E-state index in [0.29, 0.717) is 25.2 Å². The van der Waals surface area contributed by atoms with E-state index < -0.39 is 10.0 Å². The fourth-order valence-corrected chi connectivity index (χ4v) is 5.25. The van der Waals surface area contributed by atoms with Crippen molar-refractivity contribution in [1.29, 1.82) is 0 Å². The smallest absolute Gasteiger partial charge is 0.253 e. The number of nitrogens with zero attached hydrogens (tertiary/aromatic N) is 2. The summed E-state index contributed by atoms with van der Waals surface area (Å²) in [5, 5.41) is 0. The van der Waals surface area contributed by atoms with Crippen LogP contribution >= 0.6 is 11.8 Å². The van der Waals surface area contributed by atoms with Gasteiger partial charge in [-0.25, -0.2) is 8.42 Å². The number of rotatable bonds is 6. The van der Waals surface area contributed by atoms with E-state index in [1.807, 2.05) is 30.5 Å². The Balaban J connectivity index is 1.68. The average molecular weight is 419 g/mol. The SMILES string of the molecule is CSc1ccc(CN(C)C(=O)c2ccc(S(=O)(=O)N3CCCCC3)cc2)cc1. The molecule has 150 valence electrons. The highest BCUT2D eigenvalue weighted by Gasteiger charge is 2.26. The van der Waals surface area contributed by atoms with Crippen LogP contribution < -0.4 is 0 Å². The zero-order valence-corrected chi connectivity index (χ0v) is 17.9. The Morgan fingerprint density at radius 2 is 1.61 bits per heavy atom.